The van der Waals surface area contributed by atoms with Crippen LogP contribution < -0.4 is 0 Å². The average molecular weight is 310 g/mol. The van der Waals surface area contributed by atoms with Gasteiger partial charge in [-0.15, -0.1) is 0 Å². The van der Waals surface area contributed by atoms with Crippen molar-refractivity contribution < 1.29 is 9.32 Å². The number of aryl methyl sites for hydroxylation is 1. The summed E-state index contributed by atoms with van der Waals surface area (Å²) < 4.78 is 5.60. The zero-order chi connectivity index (χ0) is 13.1. The second kappa shape index (κ2) is 5.30. The molecule has 0 atom stereocenters. The average Bonchev–Trinajstić information content (AvgIpc) is 2.73. The van der Waals surface area contributed by atoms with E-state index in [-0.39, 0.29) is 5.91 Å². The summed E-state index contributed by atoms with van der Waals surface area (Å²) in [5, 5.41) is 3.86. The van der Waals surface area contributed by atoms with Gasteiger partial charge in [-0.2, -0.15) is 0 Å². The van der Waals surface area contributed by atoms with Crippen LogP contribution in [0.5, 0.6) is 0 Å². The van der Waals surface area contributed by atoms with Crippen LogP contribution in [0.15, 0.2) is 33.5 Å². The molecule has 18 heavy (non-hydrogen) atoms. The molecule has 5 nitrogen and oxygen atoms in total. The number of pyridine rings is 1. The van der Waals surface area contributed by atoms with Gasteiger partial charge < -0.3 is 9.42 Å². The highest BCUT2D eigenvalue weighted by molar-refractivity contribution is 9.10. The van der Waals surface area contributed by atoms with E-state index in [0.717, 1.165) is 11.5 Å². The maximum absolute atomic E-state index is 12.1. The molecule has 2 aromatic rings. The third-order valence-corrected chi connectivity index (χ3v) is 2.83. The number of rotatable bonds is 3. The fourth-order valence-electron chi connectivity index (χ4n) is 1.56. The molecule has 2 heterocycles. The topological polar surface area (TPSA) is 59.2 Å². The summed E-state index contributed by atoms with van der Waals surface area (Å²) in [6, 6.07) is 5.18. The van der Waals surface area contributed by atoms with Gasteiger partial charge in [0.15, 0.2) is 0 Å². The van der Waals surface area contributed by atoms with Crippen molar-refractivity contribution in [2.45, 2.75) is 13.5 Å². The lowest BCUT2D eigenvalue weighted by Crippen LogP contribution is -2.26. The molecule has 0 unspecified atom stereocenters. The second-order valence-corrected chi connectivity index (χ2v) is 4.77. The van der Waals surface area contributed by atoms with Gasteiger partial charge >= 0.3 is 0 Å². The highest BCUT2D eigenvalue weighted by atomic mass is 79.9. The van der Waals surface area contributed by atoms with E-state index < -0.39 is 0 Å². The Morgan fingerprint density at radius 1 is 1.50 bits per heavy atom. The summed E-state index contributed by atoms with van der Waals surface area (Å²) in [4.78, 5) is 17.7. The number of halogens is 1. The van der Waals surface area contributed by atoms with Crippen LogP contribution in [-0.4, -0.2) is 28.0 Å². The first-order valence-corrected chi connectivity index (χ1v) is 6.15. The van der Waals surface area contributed by atoms with Gasteiger partial charge in [0.05, 0.1) is 6.54 Å². The van der Waals surface area contributed by atoms with Crippen molar-refractivity contribution in [3.63, 3.8) is 0 Å². The molecule has 0 radical (unpaired) electrons. The molecule has 2 aromatic heterocycles. The van der Waals surface area contributed by atoms with Crippen LogP contribution in [-0.2, 0) is 6.54 Å². The van der Waals surface area contributed by atoms with E-state index in [2.05, 4.69) is 26.1 Å². The first kappa shape index (κ1) is 12.8. The largest absolute Gasteiger partial charge is 0.361 e. The van der Waals surface area contributed by atoms with Gasteiger partial charge in [0.2, 0.25) is 0 Å². The third kappa shape index (κ3) is 2.95. The van der Waals surface area contributed by atoms with Crippen molar-refractivity contribution in [2.24, 2.45) is 0 Å². The lowest BCUT2D eigenvalue weighted by molar-refractivity contribution is 0.0782. The Bertz CT molecular complexity index is 568. The monoisotopic (exact) mass is 309 g/mol. The first-order valence-electron chi connectivity index (χ1n) is 5.35. The van der Waals surface area contributed by atoms with E-state index in [9.17, 15) is 4.79 Å². The minimum absolute atomic E-state index is 0.0845. The smallest absolute Gasteiger partial charge is 0.254 e. The van der Waals surface area contributed by atoms with Gasteiger partial charge in [-0.1, -0.05) is 5.16 Å². The number of hydrogen-bond donors (Lipinski definition) is 0. The number of carbonyl (C=O) groups excluding carboxylic acids is 1. The van der Waals surface area contributed by atoms with Gasteiger partial charge in [0, 0.05) is 24.9 Å². The standard InChI is InChI=1S/C12H12BrN3O2/c1-8-5-10(15-18-8)7-16(2)12(17)9-3-4-14-11(13)6-9/h3-6H,7H2,1-2H3. The van der Waals surface area contributed by atoms with Crippen molar-refractivity contribution >= 4 is 21.8 Å². The van der Waals surface area contributed by atoms with Crippen LogP contribution in [0.2, 0.25) is 0 Å². The SMILES string of the molecule is Cc1cc(CN(C)C(=O)c2ccnc(Br)c2)no1. The van der Waals surface area contributed by atoms with Crippen LogP contribution in [0.1, 0.15) is 21.8 Å². The molecule has 0 spiro atoms. The van der Waals surface area contributed by atoms with Crippen molar-refractivity contribution in [2.75, 3.05) is 7.05 Å². The summed E-state index contributed by atoms with van der Waals surface area (Å²) in [7, 11) is 1.72. The Balaban J connectivity index is 2.09. The summed E-state index contributed by atoms with van der Waals surface area (Å²) in [5.41, 5.74) is 1.32. The normalized spacial score (nSPS) is 10.4. The highest BCUT2D eigenvalue weighted by Gasteiger charge is 2.14. The number of aromatic nitrogens is 2. The summed E-state index contributed by atoms with van der Waals surface area (Å²) in [6.07, 6.45) is 1.59. The fraction of sp³-hybridized carbons (Fsp3) is 0.250. The number of carbonyl (C=O) groups is 1. The van der Waals surface area contributed by atoms with Crippen molar-refractivity contribution in [1.82, 2.24) is 15.0 Å². The van der Waals surface area contributed by atoms with Crippen molar-refractivity contribution in [3.8, 4) is 0 Å². The lowest BCUT2D eigenvalue weighted by atomic mass is 10.2. The molecule has 94 valence electrons. The molecular weight excluding hydrogens is 298 g/mol. The summed E-state index contributed by atoms with van der Waals surface area (Å²) in [5.74, 6) is 0.649. The molecule has 2 rings (SSSR count). The predicted octanol–water partition coefficient (Wildman–Crippen LogP) is 2.41. The van der Waals surface area contributed by atoms with Crippen LogP contribution >= 0.6 is 15.9 Å². The Hall–Kier alpha value is -1.69. The van der Waals surface area contributed by atoms with Gasteiger partial charge in [-0.05, 0) is 35.0 Å². The molecule has 0 saturated carbocycles. The van der Waals surface area contributed by atoms with Gasteiger partial charge in [0.25, 0.3) is 5.91 Å². The third-order valence-electron chi connectivity index (χ3n) is 2.40. The molecule has 0 aliphatic heterocycles. The van der Waals surface area contributed by atoms with Gasteiger partial charge in [-0.25, -0.2) is 4.98 Å². The Kier molecular flexibility index (Phi) is 3.76. The lowest BCUT2D eigenvalue weighted by Gasteiger charge is -2.15. The van der Waals surface area contributed by atoms with E-state index in [1.807, 2.05) is 13.0 Å². The molecule has 0 aliphatic carbocycles. The van der Waals surface area contributed by atoms with E-state index >= 15 is 0 Å². The fourth-order valence-corrected chi connectivity index (χ4v) is 1.93. The Morgan fingerprint density at radius 3 is 2.89 bits per heavy atom. The first-order chi connectivity index (χ1) is 8.56. The Morgan fingerprint density at radius 2 is 2.28 bits per heavy atom. The molecule has 0 fully saturated rings. The van der Waals surface area contributed by atoms with E-state index in [0.29, 0.717) is 16.7 Å². The molecule has 0 saturated heterocycles. The van der Waals surface area contributed by atoms with Crippen LogP contribution in [0.4, 0.5) is 0 Å². The van der Waals surface area contributed by atoms with E-state index in [4.69, 9.17) is 4.52 Å². The molecule has 6 heteroatoms. The van der Waals surface area contributed by atoms with Crippen LogP contribution in [0.3, 0.4) is 0 Å². The van der Waals surface area contributed by atoms with Gasteiger partial charge in [-0.3, -0.25) is 4.79 Å². The highest BCUT2D eigenvalue weighted by Crippen LogP contribution is 2.12. The maximum Gasteiger partial charge on any atom is 0.254 e. The summed E-state index contributed by atoms with van der Waals surface area (Å²) >= 11 is 3.24. The molecule has 0 bridgehead atoms. The minimum Gasteiger partial charge on any atom is -0.361 e. The number of nitrogens with zero attached hydrogens (tertiary/aromatic N) is 3. The molecule has 0 aromatic carbocycles. The number of amides is 1. The summed E-state index contributed by atoms with van der Waals surface area (Å²) in [6.45, 7) is 2.23. The number of hydrogen-bond acceptors (Lipinski definition) is 4. The van der Waals surface area contributed by atoms with Crippen LogP contribution in [0.25, 0.3) is 0 Å². The van der Waals surface area contributed by atoms with Crippen molar-refractivity contribution in [3.05, 3.63) is 46.0 Å². The zero-order valence-electron chi connectivity index (χ0n) is 10.1. The second-order valence-electron chi connectivity index (χ2n) is 3.96. The Labute approximate surface area is 113 Å². The van der Waals surface area contributed by atoms with E-state index in [1.54, 1.807) is 30.3 Å². The van der Waals surface area contributed by atoms with Crippen LogP contribution in [0, 0.1) is 6.92 Å². The van der Waals surface area contributed by atoms with Crippen molar-refractivity contribution in [1.29, 1.82) is 0 Å². The maximum atomic E-state index is 12.1. The molecular formula is C12H12BrN3O2. The predicted molar refractivity (Wildman–Crippen MR) is 69.0 cm³/mol. The molecule has 0 aliphatic rings. The quantitative estimate of drug-likeness (QED) is 0.817. The molecule has 1 amide bonds. The zero-order valence-corrected chi connectivity index (χ0v) is 11.6. The van der Waals surface area contributed by atoms with Gasteiger partial charge in [0.1, 0.15) is 16.1 Å². The minimum atomic E-state index is -0.0845. The van der Waals surface area contributed by atoms with E-state index in [1.165, 1.54) is 0 Å². The molecule has 0 N–H and O–H groups in total.